The molecule has 96 valence electrons. The Morgan fingerprint density at radius 1 is 1.12 bits per heavy atom. The summed E-state index contributed by atoms with van der Waals surface area (Å²) in [5.41, 5.74) is 0.306. The minimum absolute atomic E-state index is 0.306. The SMILES string of the molecule is CNC(CCC(C)C)C(C)(C)N1CCCC1. The standard InChI is InChI=1S/C14H30N2/c1-12(2)8-9-13(15-5)14(3,4)16-10-6-7-11-16/h12-13,15H,6-11H2,1-5H3. The van der Waals surface area contributed by atoms with Crippen molar-refractivity contribution in [3.63, 3.8) is 0 Å². The molecule has 2 heteroatoms. The minimum Gasteiger partial charge on any atom is -0.315 e. The normalized spacial score (nSPS) is 20.6. The lowest BCUT2D eigenvalue weighted by molar-refractivity contribution is 0.103. The Balaban J connectivity index is 2.54. The van der Waals surface area contributed by atoms with E-state index >= 15 is 0 Å². The van der Waals surface area contributed by atoms with Crippen LogP contribution in [0.15, 0.2) is 0 Å². The number of hydrogen-bond acceptors (Lipinski definition) is 2. The first-order chi connectivity index (χ1) is 7.48. The molecule has 0 radical (unpaired) electrons. The van der Waals surface area contributed by atoms with Crippen molar-refractivity contribution in [1.29, 1.82) is 0 Å². The number of nitrogens with one attached hydrogen (secondary N) is 1. The summed E-state index contributed by atoms with van der Waals surface area (Å²) in [4.78, 5) is 2.66. The van der Waals surface area contributed by atoms with Gasteiger partial charge in [-0.1, -0.05) is 13.8 Å². The van der Waals surface area contributed by atoms with E-state index in [9.17, 15) is 0 Å². The van der Waals surface area contributed by atoms with Crippen molar-refractivity contribution in [3.8, 4) is 0 Å². The van der Waals surface area contributed by atoms with Gasteiger partial charge in [-0.15, -0.1) is 0 Å². The Morgan fingerprint density at radius 2 is 1.69 bits per heavy atom. The third kappa shape index (κ3) is 3.46. The summed E-state index contributed by atoms with van der Waals surface area (Å²) in [7, 11) is 2.11. The molecule has 1 saturated heterocycles. The van der Waals surface area contributed by atoms with Crippen molar-refractivity contribution in [2.24, 2.45) is 5.92 Å². The predicted molar refractivity (Wildman–Crippen MR) is 71.8 cm³/mol. The summed E-state index contributed by atoms with van der Waals surface area (Å²) >= 11 is 0. The molecule has 1 N–H and O–H groups in total. The predicted octanol–water partition coefficient (Wildman–Crippen LogP) is 2.89. The molecule has 1 heterocycles. The highest BCUT2D eigenvalue weighted by molar-refractivity contribution is 4.94. The van der Waals surface area contributed by atoms with Crippen molar-refractivity contribution in [2.45, 2.75) is 65.0 Å². The third-order valence-electron chi connectivity index (χ3n) is 4.16. The summed E-state index contributed by atoms with van der Waals surface area (Å²) in [6.45, 7) is 12.0. The van der Waals surface area contributed by atoms with Crippen LogP contribution < -0.4 is 5.32 Å². The molecule has 1 aliphatic heterocycles. The van der Waals surface area contributed by atoms with Gasteiger partial charge in [-0.2, -0.15) is 0 Å². The molecule has 0 aromatic carbocycles. The number of likely N-dealkylation sites (tertiary alicyclic amines) is 1. The van der Waals surface area contributed by atoms with Gasteiger partial charge in [-0.25, -0.2) is 0 Å². The second-order valence-electron chi connectivity index (χ2n) is 6.16. The van der Waals surface area contributed by atoms with Crippen LogP contribution >= 0.6 is 0 Å². The maximum absolute atomic E-state index is 3.53. The topological polar surface area (TPSA) is 15.3 Å². The van der Waals surface area contributed by atoms with E-state index in [4.69, 9.17) is 0 Å². The molecule has 0 aromatic heterocycles. The number of nitrogens with zero attached hydrogens (tertiary/aromatic N) is 1. The molecule has 0 amide bonds. The molecule has 1 fully saturated rings. The first-order valence-corrected chi connectivity index (χ1v) is 6.90. The van der Waals surface area contributed by atoms with Gasteiger partial charge < -0.3 is 5.32 Å². The van der Waals surface area contributed by atoms with E-state index in [0.29, 0.717) is 11.6 Å². The fourth-order valence-electron chi connectivity index (χ4n) is 2.86. The molecule has 0 saturated carbocycles. The highest BCUT2D eigenvalue weighted by Gasteiger charge is 2.35. The van der Waals surface area contributed by atoms with Crippen molar-refractivity contribution >= 4 is 0 Å². The summed E-state index contributed by atoms with van der Waals surface area (Å²) in [5, 5.41) is 3.53. The van der Waals surface area contributed by atoms with Gasteiger partial charge in [-0.05, 0) is 65.6 Å². The Hall–Kier alpha value is -0.0800. The molecule has 1 atom stereocenters. The molecule has 1 aliphatic rings. The number of rotatable bonds is 6. The zero-order valence-electron chi connectivity index (χ0n) is 11.8. The smallest absolute Gasteiger partial charge is 0.0306 e. The van der Waals surface area contributed by atoms with Crippen LogP contribution in [0.3, 0.4) is 0 Å². The molecular formula is C14H30N2. The summed E-state index contributed by atoms with van der Waals surface area (Å²) in [5.74, 6) is 0.810. The van der Waals surface area contributed by atoms with Crippen LogP contribution in [0.4, 0.5) is 0 Å². The van der Waals surface area contributed by atoms with E-state index in [1.807, 2.05) is 0 Å². The van der Waals surface area contributed by atoms with Crippen molar-refractivity contribution in [1.82, 2.24) is 10.2 Å². The van der Waals surface area contributed by atoms with E-state index in [0.717, 1.165) is 5.92 Å². The largest absolute Gasteiger partial charge is 0.315 e. The van der Waals surface area contributed by atoms with Crippen LogP contribution in [0.2, 0.25) is 0 Å². The quantitative estimate of drug-likeness (QED) is 0.749. The fraction of sp³-hybridized carbons (Fsp3) is 1.00. The van der Waals surface area contributed by atoms with Crippen molar-refractivity contribution in [2.75, 3.05) is 20.1 Å². The molecule has 0 aliphatic carbocycles. The Kier molecular flexibility index (Phi) is 5.26. The van der Waals surface area contributed by atoms with Gasteiger partial charge in [0.05, 0.1) is 0 Å². The molecular weight excluding hydrogens is 196 g/mol. The Morgan fingerprint density at radius 3 is 2.12 bits per heavy atom. The van der Waals surface area contributed by atoms with Crippen LogP contribution in [-0.2, 0) is 0 Å². The van der Waals surface area contributed by atoms with Crippen LogP contribution in [0, 0.1) is 5.92 Å². The van der Waals surface area contributed by atoms with Crippen LogP contribution in [0.5, 0.6) is 0 Å². The van der Waals surface area contributed by atoms with Gasteiger partial charge in [0.2, 0.25) is 0 Å². The minimum atomic E-state index is 0.306. The van der Waals surface area contributed by atoms with Crippen molar-refractivity contribution < 1.29 is 0 Å². The maximum atomic E-state index is 3.53. The lowest BCUT2D eigenvalue weighted by Gasteiger charge is -2.42. The first-order valence-electron chi connectivity index (χ1n) is 6.90. The van der Waals surface area contributed by atoms with E-state index in [1.165, 1.54) is 38.8 Å². The van der Waals surface area contributed by atoms with Gasteiger partial charge >= 0.3 is 0 Å². The second-order valence-corrected chi connectivity index (χ2v) is 6.16. The van der Waals surface area contributed by atoms with E-state index in [-0.39, 0.29) is 0 Å². The Bertz CT molecular complexity index is 193. The van der Waals surface area contributed by atoms with Gasteiger partial charge in [-0.3, -0.25) is 4.90 Å². The van der Waals surface area contributed by atoms with E-state index < -0.39 is 0 Å². The summed E-state index contributed by atoms with van der Waals surface area (Å²) in [6.07, 6.45) is 5.37. The molecule has 0 aromatic rings. The summed E-state index contributed by atoms with van der Waals surface area (Å²) < 4.78 is 0. The van der Waals surface area contributed by atoms with Gasteiger partial charge in [0.25, 0.3) is 0 Å². The summed E-state index contributed by atoms with van der Waals surface area (Å²) in [6, 6.07) is 0.619. The molecule has 0 bridgehead atoms. The lowest BCUT2D eigenvalue weighted by atomic mass is 9.87. The second kappa shape index (κ2) is 6.02. The third-order valence-corrected chi connectivity index (χ3v) is 4.16. The average Bonchev–Trinajstić information content (AvgIpc) is 2.70. The van der Waals surface area contributed by atoms with Crippen LogP contribution in [-0.4, -0.2) is 36.6 Å². The molecule has 16 heavy (non-hydrogen) atoms. The number of hydrogen-bond donors (Lipinski definition) is 1. The van der Waals surface area contributed by atoms with Gasteiger partial charge in [0.15, 0.2) is 0 Å². The Labute approximate surface area is 102 Å². The maximum Gasteiger partial charge on any atom is 0.0306 e. The monoisotopic (exact) mass is 226 g/mol. The molecule has 2 nitrogen and oxygen atoms in total. The van der Waals surface area contributed by atoms with E-state index in [1.54, 1.807) is 0 Å². The van der Waals surface area contributed by atoms with Crippen LogP contribution in [0.25, 0.3) is 0 Å². The fourth-order valence-corrected chi connectivity index (χ4v) is 2.86. The average molecular weight is 226 g/mol. The highest BCUT2D eigenvalue weighted by Crippen LogP contribution is 2.27. The molecule has 1 unspecified atom stereocenters. The molecule has 0 spiro atoms. The van der Waals surface area contributed by atoms with Gasteiger partial charge in [0, 0.05) is 11.6 Å². The van der Waals surface area contributed by atoms with E-state index in [2.05, 4.69) is 45.0 Å². The zero-order valence-corrected chi connectivity index (χ0v) is 11.8. The number of likely N-dealkylation sites (N-methyl/N-ethyl adjacent to an activating group) is 1. The lowest BCUT2D eigenvalue weighted by Crippen LogP contribution is -2.56. The van der Waals surface area contributed by atoms with Crippen LogP contribution in [0.1, 0.15) is 53.4 Å². The highest BCUT2D eigenvalue weighted by atomic mass is 15.2. The first kappa shape index (κ1) is 14.0. The molecule has 1 rings (SSSR count). The van der Waals surface area contributed by atoms with Crippen molar-refractivity contribution in [3.05, 3.63) is 0 Å². The zero-order chi connectivity index (χ0) is 12.2. The van der Waals surface area contributed by atoms with Gasteiger partial charge in [0.1, 0.15) is 0 Å².